The first-order valence-electron chi connectivity index (χ1n) is 14.3. The Hall–Kier alpha value is -2.68. The van der Waals surface area contributed by atoms with Crippen LogP contribution in [0.1, 0.15) is 72.7 Å². The predicted octanol–water partition coefficient (Wildman–Crippen LogP) is 7.33. The zero-order chi connectivity index (χ0) is 29.2. The second-order valence-corrected chi connectivity index (χ2v) is 13.1. The lowest BCUT2D eigenvalue weighted by molar-refractivity contribution is 0.0453. The van der Waals surface area contributed by atoms with Crippen molar-refractivity contribution in [1.29, 1.82) is 0 Å². The SMILES string of the molecule is COc1c([C@@H](O)CC(C)C)ccc2c1C(=O)OCc1c(Cl)c(C)c(Cl)c(OC(=O)N3CC4CC5CC4CC5C3)c1O2. The van der Waals surface area contributed by atoms with Crippen LogP contribution >= 0.6 is 23.2 Å². The summed E-state index contributed by atoms with van der Waals surface area (Å²) in [4.78, 5) is 28.7. The minimum Gasteiger partial charge on any atom is -0.495 e. The van der Waals surface area contributed by atoms with Gasteiger partial charge in [0.15, 0.2) is 11.5 Å². The maximum atomic E-state index is 13.6. The van der Waals surface area contributed by atoms with E-state index in [1.54, 1.807) is 24.0 Å². The summed E-state index contributed by atoms with van der Waals surface area (Å²) < 4.78 is 23.6. The summed E-state index contributed by atoms with van der Waals surface area (Å²) in [5, 5.41) is 11.3. The highest BCUT2D eigenvalue weighted by molar-refractivity contribution is 6.38. The fraction of sp³-hybridized carbons (Fsp3) is 0.548. The van der Waals surface area contributed by atoms with Gasteiger partial charge in [-0.25, -0.2) is 9.59 Å². The van der Waals surface area contributed by atoms with Crippen LogP contribution in [0.15, 0.2) is 12.1 Å². The van der Waals surface area contributed by atoms with Crippen molar-refractivity contribution in [2.45, 2.75) is 59.2 Å². The van der Waals surface area contributed by atoms with Gasteiger partial charge in [0.25, 0.3) is 0 Å². The summed E-state index contributed by atoms with van der Waals surface area (Å²) in [7, 11) is 1.42. The van der Waals surface area contributed by atoms with Gasteiger partial charge in [-0.05, 0) is 79.9 Å². The van der Waals surface area contributed by atoms with Crippen molar-refractivity contribution >= 4 is 35.3 Å². The molecule has 2 saturated carbocycles. The summed E-state index contributed by atoms with van der Waals surface area (Å²) in [5.74, 6) is 2.31. The summed E-state index contributed by atoms with van der Waals surface area (Å²) in [5.41, 5.74) is 1.29. The lowest BCUT2D eigenvalue weighted by Crippen LogP contribution is -2.38. The molecule has 2 saturated heterocycles. The Morgan fingerprint density at radius 3 is 2.34 bits per heavy atom. The number of halogens is 2. The van der Waals surface area contributed by atoms with Crippen LogP contribution < -0.4 is 14.2 Å². The highest BCUT2D eigenvalue weighted by atomic mass is 35.5. The van der Waals surface area contributed by atoms with E-state index >= 15 is 0 Å². The monoisotopic (exact) mass is 603 g/mol. The van der Waals surface area contributed by atoms with Crippen molar-refractivity contribution in [3.8, 4) is 23.0 Å². The smallest absolute Gasteiger partial charge is 0.415 e. The van der Waals surface area contributed by atoms with Crippen LogP contribution in [0.25, 0.3) is 0 Å². The van der Waals surface area contributed by atoms with Gasteiger partial charge in [-0.1, -0.05) is 37.0 Å². The van der Waals surface area contributed by atoms with Gasteiger partial charge < -0.3 is 29.0 Å². The molecule has 2 aromatic carbocycles. The van der Waals surface area contributed by atoms with Gasteiger partial charge >= 0.3 is 12.1 Å². The molecule has 8 nitrogen and oxygen atoms in total. The van der Waals surface area contributed by atoms with E-state index in [0.717, 1.165) is 0 Å². The highest BCUT2D eigenvalue weighted by Gasteiger charge is 2.50. The van der Waals surface area contributed by atoms with Crippen molar-refractivity contribution in [2.24, 2.45) is 29.6 Å². The fourth-order valence-corrected chi connectivity index (χ4v) is 7.80. The first-order valence-corrected chi connectivity index (χ1v) is 15.0. The van der Waals surface area contributed by atoms with Crippen LogP contribution in [-0.4, -0.2) is 42.3 Å². The molecule has 4 fully saturated rings. The standard InChI is InChI=1S/C31H35Cl2NO7/c1-14(2)7-22(35)20-5-6-23-24(27(20)38-4)30(36)39-13-21-25(32)15(3)26(33)29(28(21)40-23)41-31(37)34-11-18-9-16-8-17(18)10-19(16)12-34/h5-6,14,16-19,22,35H,7-13H2,1-4H3/t16?,17?,18?,19?,22-/m0/s1. The number of hydrogen-bond acceptors (Lipinski definition) is 7. The van der Waals surface area contributed by atoms with Gasteiger partial charge in [-0.15, -0.1) is 0 Å². The summed E-state index contributed by atoms with van der Waals surface area (Å²) in [6, 6.07) is 3.22. The molecule has 1 amide bonds. The number of hydrogen-bond donors (Lipinski definition) is 1. The fourth-order valence-electron chi connectivity index (χ4n) is 7.29. The molecule has 5 atom stereocenters. The molecule has 7 rings (SSSR count). The first-order chi connectivity index (χ1) is 19.6. The third-order valence-corrected chi connectivity index (χ3v) is 10.2. The lowest BCUT2D eigenvalue weighted by atomic mass is 9.84. The lowest BCUT2D eigenvalue weighted by Gasteiger charge is -2.27. The molecule has 220 valence electrons. The second-order valence-electron chi connectivity index (χ2n) is 12.3. The number of aliphatic hydroxyl groups excluding tert-OH is 1. The molecule has 0 spiro atoms. The Morgan fingerprint density at radius 1 is 1.07 bits per heavy atom. The molecule has 3 heterocycles. The van der Waals surface area contributed by atoms with E-state index in [1.807, 2.05) is 13.8 Å². The van der Waals surface area contributed by atoms with Crippen LogP contribution in [0.3, 0.4) is 0 Å². The van der Waals surface area contributed by atoms with Crippen molar-refractivity contribution < 1.29 is 33.6 Å². The Bertz CT molecular complexity index is 1390. The normalized spacial score (nSPS) is 25.1. The minimum absolute atomic E-state index is 0.0203. The van der Waals surface area contributed by atoms with E-state index in [1.165, 1.54) is 26.4 Å². The number of ether oxygens (including phenoxy) is 4. The Kier molecular flexibility index (Phi) is 7.54. The molecule has 4 unspecified atom stereocenters. The third kappa shape index (κ3) is 4.92. The molecule has 0 aromatic heterocycles. The molecule has 41 heavy (non-hydrogen) atoms. The van der Waals surface area contributed by atoms with Crippen molar-refractivity contribution in [3.05, 3.63) is 44.4 Å². The van der Waals surface area contributed by atoms with Crippen molar-refractivity contribution in [1.82, 2.24) is 4.90 Å². The summed E-state index contributed by atoms with van der Waals surface area (Å²) in [6.07, 6.45) is 2.75. The van der Waals surface area contributed by atoms with E-state index in [9.17, 15) is 14.7 Å². The van der Waals surface area contributed by atoms with E-state index < -0.39 is 18.2 Å². The van der Waals surface area contributed by atoms with Crippen LogP contribution in [0, 0.1) is 36.5 Å². The van der Waals surface area contributed by atoms with Crippen LogP contribution in [0.2, 0.25) is 10.0 Å². The van der Waals surface area contributed by atoms with Crippen LogP contribution in [-0.2, 0) is 11.3 Å². The van der Waals surface area contributed by atoms with Gasteiger partial charge in [-0.2, -0.15) is 0 Å². The molecule has 2 aromatic rings. The van der Waals surface area contributed by atoms with E-state index in [0.29, 0.717) is 59.9 Å². The quantitative estimate of drug-likeness (QED) is 0.357. The van der Waals surface area contributed by atoms with Crippen LogP contribution in [0.4, 0.5) is 4.79 Å². The Morgan fingerprint density at radius 2 is 1.73 bits per heavy atom. The average molecular weight is 605 g/mol. The largest absolute Gasteiger partial charge is 0.495 e. The number of fused-ring (bicyclic) bond motifs is 4. The zero-order valence-electron chi connectivity index (χ0n) is 23.7. The van der Waals surface area contributed by atoms with Crippen LogP contribution in [0.5, 0.6) is 23.0 Å². The number of carbonyl (C=O) groups is 2. The predicted molar refractivity (Wildman–Crippen MR) is 153 cm³/mol. The number of aliphatic hydroxyl groups is 1. The number of esters is 1. The molecule has 10 heteroatoms. The highest BCUT2D eigenvalue weighted by Crippen LogP contribution is 2.55. The maximum Gasteiger partial charge on any atom is 0.415 e. The number of cyclic esters (lactones) is 1. The number of nitrogens with zero attached hydrogens (tertiary/aromatic N) is 1. The topological polar surface area (TPSA) is 94.5 Å². The summed E-state index contributed by atoms with van der Waals surface area (Å²) >= 11 is 13.4. The van der Waals surface area contributed by atoms with Gasteiger partial charge in [0.1, 0.15) is 23.7 Å². The van der Waals surface area contributed by atoms with Gasteiger partial charge in [0, 0.05) is 18.7 Å². The number of carbonyl (C=O) groups excluding carboxylic acids is 2. The number of rotatable bonds is 5. The minimum atomic E-state index is -0.862. The molecule has 0 radical (unpaired) electrons. The molecule has 4 bridgehead atoms. The molecule has 3 aliphatic heterocycles. The number of benzene rings is 2. The van der Waals surface area contributed by atoms with E-state index in [-0.39, 0.29) is 51.1 Å². The Balaban J connectivity index is 1.38. The third-order valence-electron chi connectivity index (χ3n) is 9.28. The molecular weight excluding hydrogens is 569 g/mol. The first kappa shape index (κ1) is 28.4. The number of methoxy groups -OCH3 is 1. The van der Waals surface area contributed by atoms with Crippen molar-refractivity contribution in [2.75, 3.05) is 20.2 Å². The number of amides is 1. The maximum absolute atomic E-state index is 13.6. The van der Waals surface area contributed by atoms with E-state index in [4.69, 9.17) is 42.1 Å². The molecule has 1 N–H and O–H groups in total. The van der Waals surface area contributed by atoms with Gasteiger partial charge in [0.2, 0.25) is 0 Å². The van der Waals surface area contributed by atoms with E-state index in [2.05, 4.69) is 0 Å². The van der Waals surface area contributed by atoms with Gasteiger partial charge in [-0.3, -0.25) is 0 Å². The van der Waals surface area contributed by atoms with Crippen molar-refractivity contribution in [3.63, 3.8) is 0 Å². The molecule has 5 aliphatic rings. The zero-order valence-corrected chi connectivity index (χ0v) is 25.2. The Labute approximate surface area is 249 Å². The molecular formula is C31H35Cl2NO7. The van der Waals surface area contributed by atoms with Gasteiger partial charge in [0.05, 0.1) is 28.8 Å². The molecule has 2 aliphatic carbocycles. The summed E-state index contributed by atoms with van der Waals surface area (Å²) in [6.45, 7) is 6.80. The average Bonchev–Trinajstić information content (AvgIpc) is 3.39. The second kappa shape index (κ2) is 10.9.